The highest BCUT2D eigenvalue weighted by Crippen LogP contribution is 2.44. The molecule has 0 aliphatic carbocycles. The molecule has 0 fully saturated rings. The third kappa shape index (κ3) is 6.27. The summed E-state index contributed by atoms with van der Waals surface area (Å²) in [6.45, 7) is 2.23. The summed E-state index contributed by atoms with van der Waals surface area (Å²) in [6.07, 6.45) is 0.163. The summed E-state index contributed by atoms with van der Waals surface area (Å²) in [5.41, 5.74) is 4.30. The standard InChI is InChI=1S/C28H31FN4O7S2/c1-3-30-40-42(37,38)17-9-15-33-24-18-20-10-4-5-11-21(20)19-25(24)39-28(33)26(29)27-31(2)22-12-6-7-13-23(22)32(27)14-8-16-41(34,35)36/h4-7,10-13,18-19,30H,3,8-9,14-17H2,1-2H3/p+1. The van der Waals surface area contributed by atoms with Crippen molar-refractivity contribution in [2.75, 3.05) is 29.5 Å². The first-order valence-electron chi connectivity index (χ1n) is 13.4. The van der Waals surface area contributed by atoms with Gasteiger partial charge in [-0.25, -0.2) is 9.13 Å². The van der Waals surface area contributed by atoms with Gasteiger partial charge in [0.15, 0.2) is 16.8 Å². The predicted molar refractivity (Wildman–Crippen MR) is 157 cm³/mol. The number of imidazole rings is 1. The van der Waals surface area contributed by atoms with Gasteiger partial charge in [-0.05, 0) is 41.5 Å². The van der Waals surface area contributed by atoms with Crippen LogP contribution in [0.25, 0.3) is 27.6 Å². The first kappa shape index (κ1) is 29.9. The van der Waals surface area contributed by atoms with Gasteiger partial charge in [0.05, 0.1) is 30.8 Å². The molecular weight excluding hydrogens is 587 g/mol. The molecular formula is C28H32FN4O7S2+. The fraction of sp³-hybridized carbons (Fsp3) is 0.321. The van der Waals surface area contributed by atoms with Crippen LogP contribution in [-0.4, -0.2) is 50.6 Å². The van der Waals surface area contributed by atoms with Crippen LogP contribution in [0.15, 0.2) is 66.5 Å². The fourth-order valence-corrected chi connectivity index (χ4v) is 6.48. The first-order chi connectivity index (χ1) is 20.0. The molecule has 2 N–H and O–H groups in total. The Labute approximate surface area is 243 Å². The van der Waals surface area contributed by atoms with Crippen LogP contribution < -0.4 is 19.7 Å². The highest BCUT2D eigenvalue weighted by molar-refractivity contribution is 7.86. The van der Waals surface area contributed by atoms with Gasteiger partial charge in [-0.3, -0.25) is 4.55 Å². The number of aromatic nitrogens is 2. The van der Waals surface area contributed by atoms with E-state index in [0.717, 1.165) is 10.8 Å². The zero-order valence-corrected chi connectivity index (χ0v) is 24.8. The van der Waals surface area contributed by atoms with E-state index >= 15 is 4.39 Å². The predicted octanol–water partition coefficient (Wildman–Crippen LogP) is 3.65. The maximum absolute atomic E-state index is 16.8. The highest BCUT2D eigenvalue weighted by Gasteiger charge is 2.37. The van der Waals surface area contributed by atoms with Crippen molar-refractivity contribution in [2.45, 2.75) is 26.3 Å². The Bertz CT molecular complexity index is 1890. The van der Waals surface area contributed by atoms with Crippen molar-refractivity contribution in [1.29, 1.82) is 0 Å². The number of anilines is 1. The molecule has 0 atom stereocenters. The lowest BCUT2D eigenvalue weighted by Crippen LogP contribution is -2.34. The minimum Gasteiger partial charge on any atom is -0.435 e. The molecule has 42 heavy (non-hydrogen) atoms. The largest absolute Gasteiger partial charge is 0.435 e. The molecule has 5 rings (SSSR count). The molecule has 3 aromatic carbocycles. The van der Waals surface area contributed by atoms with Gasteiger partial charge in [-0.15, -0.1) is 0 Å². The van der Waals surface area contributed by atoms with Crippen molar-refractivity contribution in [3.05, 3.63) is 72.4 Å². The summed E-state index contributed by atoms with van der Waals surface area (Å²) in [7, 11) is -6.36. The van der Waals surface area contributed by atoms with Crippen molar-refractivity contribution >= 4 is 53.6 Å². The summed E-state index contributed by atoms with van der Waals surface area (Å²) in [5, 5.41) is 1.80. The molecule has 0 spiro atoms. The number of nitrogens with one attached hydrogen (secondary N) is 1. The number of nitrogens with zero attached hydrogens (tertiary/aromatic N) is 3. The van der Waals surface area contributed by atoms with Crippen molar-refractivity contribution in [2.24, 2.45) is 7.05 Å². The zero-order chi connectivity index (χ0) is 30.1. The number of halogens is 1. The Morgan fingerprint density at radius 1 is 1.00 bits per heavy atom. The van der Waals surface area contributed by atoms with E-state index in [1.807, 2.05) is 48.5 Å². The molecule has 0 saturated heterocycles. The number of rotatable bonds is 12. The second-order valence-electron chi connectivity index (χ2n) is 9.90. The van der Waals surface area contributed by atoms with Crippen LogP contribution in [0.4, 0.5) is 10.1 Å². The van der Waals surface area contributed by atoms with E-state index < -0.39 is 31.8 Å². The number of aryl methyl sites for hydroxylation is 2. The van der Waals surface area contributed by atoms with Gasteiger partial charge in [0, 0.05) is 19.5 Å². The Morgan fingerprint density at radius 2 is 1.67 bits per heavy atom. The average molecular weight is 620 g/mol. The Morgan fingerprint density at radius 3 is 2.38 bits per heavy atom. The van der Waals surface area contributed by atoms with Gasteiger partial charge in [-0.2, -0.15) is 31.0 Å². The van der Waals surface area contributed by atoms with E-state index in [0.29, 0.717) is 29.0 Å². The molecule has 0 bridgehead atoms. The first-order valence-corrected chi connectivity index (χ1v) is 16.6. The number of para-hydroxylation sites is 2. The summed E-state index contributed by atoms with van der Waals surface area (Å²) in [6, 6.07) is 18.5. The van der Waals surface area contributed by atoms with Gasteiger partial charge < -0.3 is 9.64 Å². The minimum atomic E-state index is -4.20. The molecule has 224 valence electrons. The van der Waals surface area contributed by atoms with E-state index in [9.17, 15) is 21.4 Å². The topological polar surface area (TPSA) is 131 Å². The molecule has 14 heteroatoms. The number of ether oxygens (including phenoxy) is 1. The number of hydroxylamine groups is 1. The normalized spacial score (nSPS) is 14.9. The van der Waals surface area contributed by atoms with Crippen molar-refractivity contribution in [3.63, 3.8) is 0 Å². The number of hydrogen-bond acceptors (Lipinski definition) is 8. The molecule has 0 amide bonds. The van der Waals surface area contributed by atoms with Crippen molar-refractivity contribution in [1.82, 2.24) is 10.0 Å². The summed E-state index contributed by atoms with van der Waals surface area (Å²) in [4.78, 5) is 1.61. The third-order valence-corrected chi connectivity index (χ3v) is 8.92. The maximum Gasteiger partial charge on any atom is 0.324 e. The lowest BCUT2D eigenvalue weighted by Gasteiger charge is -2.19. The van der Waals surface area contributed by atoms with Gasteiger partial charge in [0.2, 0.25) is 5.88 Å². The van der Waals surface area contributed by atoms with E-state index in [-0.39, 0.29) is 43.4 Å². The maximum atomic E-state index is 16.8. The molecule has 1 aromatic heterocycles. The number of fused-ring (bicyclic) bond motifs is 3. The summed E-state index contributed by atoms with van der Waals surface area (Å²) < 4.78 is 87.6. The summed E-state index contributed by atoms with van der Waals surface area (Å²) >= 11 is 0. The van der Waals surface area contributed by atoms with E-state index in [2.05, 4.69) is 5.48 Å². The van der Waals surface area contributed by atoms with Crippen LogP contribution >= 0.6 is 0 Å². The molecule has 1 aliphatic heterocycles. The van der Waals surface area contributed by atoms with E-state index in [1.165, 1.54) is 0 Å². The lowest BCUT2D eigenvalue weighted by atomic mass is 10.1. The second-order valence-corrected chi connectivity index (χ2v) is 13.2. The average Bonchev–Trinajstić information content (AvgIpc) is 3.44. The Kier molecular flexibility index (Phi) is 8.53. The van der Waals surface area contributed by atoms with Crippen LogP contribution in [0.1, 0.15) is 25.6 Å². The second kappa shape index (κ2) is 12.0. The van der Waals surface area contributed by atoms with E-state index in [4.69, 9.17) is 9.02 Å². The molecule has 1 aliphatic rings. The van der Waals surface area contributed by atoms with Crippen LogP contribution in [-0.2, 0) is 38.1 Å². The zero-order valence-electron chi connectivity index (χ0n) is 23.2. The monoisotopic (exact) mass is 619 g/mol. The number of hydrogen-bond donors (Lipinski definition) is 2. The Hall–Kier alpha value is -3.56. The molecule has 11 nitrogen and oxygen atoms in total. The molecule has 2 heterocycles. The van der Waals surface area contributed by atoms with Crippen LogP contribution in [0, 0.1) is 0 Å². The van der Waals surface area contributed by atoms with Crippen molar-refractivity contribution in [3.8, 4) is 5.75 Å². The van der Waals surface area contributed by atoms with Gasteiger partial charge in [0.1, 0.15) is 0 Å². The quantitative estimate of drug-likeness (QED) is 0.139. The lowest BCUT2D eigenvalue weighted by molar-refractivity contribution is -0.648. The van der Waals surface area contributed by atoms with Gasteiger partial charge >= 0.3 is 5.82 Å². The van der Waals surface area contributed by atoms with E-state index in [1.54, 1.807) is 40.1 Å². The van der Waals surface area contributed by atoms with Crippen LogP contribution in [0.2, 0.25) is 0 Å². The highest BCUT2D eigenvalue weighted by atomic mass is 32.2. The van der Waals surface area contributed by atoms with Crippen LogP contribution in [0.3, 0.4) is 0 Å². The fourth-order valence-electron chi connectivity index (χ4n) is 5.12. The molecule has 4 aromatic rings. The number of benzene rings is 3. The summed E-state index contributed by atoms with van der Waals surface area (Å²) in [5.74, 6) is -1.07. The molecule has 0 unspecified atom stereocenters. The van der Waals surface area contributed by atoms with Gasteiger partial charge in [0.25, 0.3) is 26.1 Å². The van der Waals surface area contributed by atoms with Gasteiger partial charge in [-0.1, -0.05) is 43.3 Å². The SMILES string of the molecule is CCNOS(=O)(=O)CCCN1C(=C(F)c2n(CCCS(=O)(=O)O)c3ccccc3[n+]2C)Oc2cc3ccccc3cc21. The third-order valence-electron chi connectivity index (χ3n) is 6.95. The smallest absolute Gasteiger partial charge is 0.324 e. The minimum absolute atomic E-state index is 0.0486. The molecule has 0 radical (unpaired) electrons. The Balaban J connectivity index is 1.59. The van der Waals surface area contributed by atoms with Crippen molar-refractivity contribution < 1.29 is 39.4 Å². The molecule has 0 saturated carbocycles. The van der Waals surface area contributed by atoms with Crippen LogP contribution in [0.5, 0.6) is 5.75 Å².